The Bertz CT molecular complexity index is 271. The SMILES string of the molecule is CN1CCC(N2CCC(=C3CC3)CC2)CC1. The Morgan fingerprint density at radius 2 is 1.38 bits per heavy atom. The van der Waals surface area contributed by atoms with Gasteiger partial charge in [-0.1, -0.05) is 11.1 Å². The van der Waals surface area contributed by atoms with Crippen LogP contribution >= 0.6 is 0 Å². The van der Waals surface area contributed by atoms with Gasteiger partial charge in [-0.2, -0.15) is 0 Å². The van der Waals surface area contributed by atoms with E-state index >= 15 is 0 Å². The summed E-state index contributed by atoms with van der Waals surface area (Å²) < 4.78 is 0. The normalized spacial score (nSPS) is 29.8. The van der Waals surface area contributed by atoms with Crippen LogP contribution in [0.25, 0.3) is 0 Å². The molecule has 0 radical (unpaired) electrons. The van der Waals surface area contributed by atoms with Crippen molar-refractivity contribution in [1.29, 1.82) is 0 Å². The summed E-state index contributed by atoms with van der Waals surface area (Å²) in [6, 6.07) is 0.891. The maximum absolute atomic E-state index is 2.76. The van der Waals surface area contributed by atoms with Crippen molar-refractivity contribution in [2.75, 3.05) is 33.2 Å². The van der Waals surface area contributed by atoms with Crippen molar-refractivity contribution in [3.63, 3.8) is 0 Å². The zero-order valence-corrected chi connectivity index (χ0v) is 10.5. The molecule has 0 aromatic carbocycles. The molecule has 3 rings (SSSR count). The van der Waals surface area contributed by atoms with E-state index in [2.05, 4.69) is 16.8 Å². The standard InChI is InChI=1S/C14H24N2/c1-15-8-6-14(7-9-15)16-10-4-13(5-11-16)12-2-3-12/h14H,2-11H2,1H3. The van der Waals surface area contributed by atoms with Gasteiger partial charge in [0.25, 0.3) is 0 Å². The minimum absolute atomic E-state index is 0.891. The van der Waals surface area contributed by atoms with Crippen LogP contribution in [0.4, 0.5) is 0 Å². The van der Waals surface area contributed by atoms with Gasteiger partial charge < -0.3 is 4.90 Å². The van der Waals surface area contributed by atoms with Crippen LogP contribution in [0.1, 0.15) is 38.5 Å². The number of hydrogen-bond donors (Lipinski definition) is 0. The van der Waals surface area contributed by atoms with E-state index in [1.54, 1.807) is 0 Å². The van der Waals surface area contributed by atoms with Gasteiger partial charge in [-0.05, 0) is 58.7 Å². The van der Waals surface area contributed by atoms with Gasteiger partial charge in [-0.15, -0.1) is 0 Å². The van der Waals surface area contributed by atoms with E-state index in [0.717, 1.165) is 6.04 Å². The third-order valence-corrected chi connectivity index (χ3v) is 4.61. The molecule has 1 aliphatic carbocycles. The fraction of sp³-hybridized carbons (Fsp3) is 0.857. The second kappa shape index (κ2) is 4.50. The van der Waals surface area contributed by atoms with E-state index in [-0.39, 0.29) is 0 Å². The van der Waals surface area contributed by atoms with Gasteiger partial charge in [-0.3, -0.25) is 4.90 Å². The highest BCUT2D eigenvalue weighted by Gasteiger charge is 2.27. The van der Waals surface area contributed by atoms with Gasteiger partial charge in [0.05, 0.1) is 0 Å². The van der Waals surface area contributed by atoms with Gasteiger partial charge in [0.1, 0.15) is 0 Å². The molecular formula is C14H24N2. The lowest BCUT2D eigenvalue weighted by Gasteiger charge is -2.39. The van der Waals surface area contributed by atoms with Gasteiger partial charge >= 0.3 is 0 Å². The third-order valence-electron chi connectivity index (χ3n) is 4.61. The molecule has 2 aliphatic heterocycles. The average molecular weight is 220 g/mol. The van der Waals surface area contributed by atoms with Crippen LogP contribution in [-0.4, -0.2) is 49.1 Å². The highest BCUT2D eigenvalue weighted by Crippen LogP contribution is 2.36. The zero-order valence-electron chi connectivity index (χ0n) is 10.5. The van der Waals surface area contributed by atoms with Crippen molar-refractivity contribution < 1.29 is 0 Å². The molecule has 2 nitrogen and oxygen atoms in total. The van der Waals surface area contributed by atoms with Gasteiger partial charge in [0, 0.05) is 19.1 Å². The maximum atomic E-state index is 2.76. The van der Waals surface area contributed by atoms with Crippen molar-refractivity contribution in [3.8, 4) is 0 Å². The maximum Gasteiger partial charge on any atom is 0.0120 e. The molecule has 90 valence electrons. The second-order valence-corrected chi connectivity index (χ2v) is 5.78. The van der Waals surface area contributed by atoms with E-state index in [1.807, 2.05) is 11.1 Å². The molecule has 2 heterocycles. The molecule has 0 N–H and O–H groups in total. The Hall–Kier alpha value is -0.340. The first kappa shape index (κ1) is 10.8. The smallest absolute Gasteiger partial charge is 0.0120 e. The van der Waals surface area contributed by atoms with E-state index in [0.29, 0.717) is 0 Å². The van der Waals surface area contributed by atoms with Crippen molar-refractivity contribution in [3.05, 3.63) is 11.1 Å². The van der Waals surface area contributed by atoms with E-state index in [9.17, 15) is 0 Å². The highest BCUT2D eigenvalue weighted by molar-refractivity contribution is 5.26. The molecule has 1 saturated carbocycles. The van der Waals surface area contributed by atoms with Crippen LogP contribution in [0.15, 0.2) is 11.1 Å². The molecule has 2 heteroatoms. The van der Waals surface area contributed by atoms with Crippen LogP contribution in [0, 0.1) is 0 Å². The lowest BCUT2D eigenvalue weighted by atomic mass is 9.97. The number of likely N-dealkylation sites (tertiary alicyclic amines) is 2. The van der Waals surface area contributed by atoms with Crippen molar-refractivity contribution >= 4 is 0 Å². The first-order valence-corrected chi connectivity index (χ1v) is 6.95. The van der Waals surface area contributed by atoms with Gasteiger partial charge in [0.2, 0.25) is 0 Å². The number of hydrogen-bond acceptors (Lipinski definition) is 2. The summed E-state index contributed by atoms with van der Waals surface area (Å²) in [6.45, 7) is 5.28. The Labute approximate surface area is 99.3 Å². The Morgan fingerprint density at radius 1 is 0.812 bits per heavy atom. The van der Waals surface area contributed by atoms with Crippen LogP contribution < -0.4 is 0 Å². The lowest BCUT2D eigenvalue weighted by molar-refractivity contribution is 0.113. The number of rotatable bonds is 1. The summed E-state index contributed by atoms with van der Waals surface area (Å²) in [5, 5.41) is 0. The summed E-state index contributed by atoms with van der Waals surface area (Å²) in [4.78, 5) is 5.23. The van der Waals surface area contributed by atoms with Crippen LogP contribution in [0.5, 0.6) is 0 Å². The van der Waals surface area contributed by atoms with E-state index in [1.165, 1.54) is 64.7 Å². The molecule has 3 fully saturated rings. The molecule has 2 saturated heterocycles. The fourth-order valence-corrected chi connectivity index (χ4v) is 3.29. The molecular weight excluding hydrogens is 196 g/mol. The summed E-state index contributed by atoms with van der Waals surface area (Å²) in [5.41, 5.74) is 3.63. The average Bonchev–Trinajstić information content (AvgIpc) is 3.14. The number of piperidine rings is 2. The Balaban J connectivity index is 1.52. The molecule has 0 unspecified atom stereocenters. The lowest BCUT2D eigenvalue weighted by Crippen LogP contribution is -2.46. The summed E-state index contributed by atoms with van der Waals surface area (Å²) in [5.74, 6) is 0. The predicted octanol–water partition coefficient (Wildman–Crippen LogP) is 2.27. The monoisotopic (exact) mass is 220 g/mol. The molecule has 0 amide bonds. The zero-order chi connectivity index (χ0) is 11.0. The van der Waals surface area contributed by atoms with E-state index in [4.69, 9.17) is 0 Å². The minimum Gasteiger partial charge on any atom is -0.306 e. The predicted molar refractivity (Wildman–Crippen MR) is 67.6 cm³/mol. The highest BCUT2D eigenvalue weighted by atomic mass is 15.2. The number of nitrogens with zero attached hydrogens (tertiary/aromatic N) is 2. The van der Waals surface area contributed by atoms with Crippen molar-refractivity contribution in [2.45, 2.75) is 44.6 Å². The quantitative estimate of drug-likeness (QED) is 0.626. The van der Waals surface area contributed by atoms with Crippen molar-refractivity contribution in [1.82, 2.24) is 9.80 Å². The molecule has 16 heavy (non-hydrogen) atoms. The minimum atomic E-state index is 0.891. The summed E-state index contributed by atoms with van der Waals surface area (Å²) in [6.07, 6.45) is 8.38. The first-order chi connectivity index (χ1) is 7.83. The molecule has 3 aliphatic rings. The van der Waals surface area contributed by atoms with Crippen LogP contribution in [-0.2, 0) is 0 Å². The third kappa shape index (κ3) is 2.33. The Kier molecular flexibility index (Phi) is 3.03. The van der Waals surface area contributed by atoms with E-state index < -0.39 is 0 Å². The second-order valence-electron chi connectivity index (χ2n) is 5.78. The van der Waals surface area contributed by atoms with Gasteiger partial charge in [0.15, 0.2) is 0 Å². The molecule has 0 atom stereocenters. The molecule has 0 aromatic heterocycles. The summed E-state index contributed by atoms with van der Waals surface area (Å²) >= 11 is 0. The summed E-state index contributed by atoms with van der Waals surface area (Å²) in [7, 11) is 2.25. The van der Waals surface area contributed by atoms with Crippen LogP contribution in [0.2, 0.25) is 0 Å². The molecule has 0 bridgehead atoms. The molecule has 0 aromatic rings. The molecule has 0 spiro atoms. The van der Waals surface area contributed by atoms with Gasteiger partial charge in [-0.25, -0.2) is 0 Å². The topological polar surface area (TPSA) is 6.48 Å². The first-order valence-electron chi connectivity index (χ1n) is 6.95. The van der Waals surface area contributed by atoms with Crippen LogP contribution in [0.3, 0.4) is 0 Å². The van der Waals surface area contributed by atoms with Crippen molar-refractivity contribution in [2.24, 2.45) is 0 Å². The number of allylic oxidation sites excluding steroid dienone is 1. The Morgan fingerprint density at radius 3 is 1.94 bits per heavy atom. The largest absolute Gasteiger partial charge is 0.306 e. The fourth-order valence-electron chi connectivity index (χ4n) is 3.29.